The molecule has 0 N–H and O–H groups in total. The Kier molecular flexibility index (Phi) is 3.70. The molecule has 0 radical (unpaired) electrons. The first-order chi connectivity index (χ1) is 10.2. The molecule has 3 aromatic rings. The van der Waals surface area contributed by atoms with E-state index in [0.29, 0.717) is 26.9 Å². The second-order valence-corrected chi connectivity index (χ2v) is 5.30. The van der Waals surface area contributed by atoms with E-state index in [1.54, 1.807) is 24.3 Å². The summed E-state index contributed by atoms with van der Waals surface area (Å²) >= 11 is 11.9. The van der Waals surface area contributed by atoms with Gasteiger partial charge in [-0.25, -0.2) is 0 Å². The van der Waals surface area contributed by atoms with Gasteiger partial charge in [0, 0.05) is 5.39 Å². The van der Waals surface area contributed by atoms with Crippen molar-refractivity contribution in [3.63, 3.8) is 0 Å². The third-order valence-electron chi connectivity index (χ3n) is 3.08. The summed E-state index contributed by atoms with van der Waals surface area (Å²) in [5.41, 5.74) is 1.95. The zero-order valence-corrected chi connectivity index (χ0v) is 12.3. The molecule has 0 spiro atoms. The number of para-hydroxylation sites is 1. The van der Waals surface area contributed by atoms with Gasteiger partial charge in [0.25, 0.3) is 0 Å². The molecule has 102 valence electrons. The molecular weight excluding hydrogens is 305 g/mol. The molecule has 0 aliphatic carbocycles. The predicted molar refractivity (Wildman–Crippen MR) is 86.2 cm³/mol. The molecule has 0 aliphatic rings. The first-order valence-electron chi connectivity index (χ1n) is 6.23. The van der Waals surface area contributed by atoms with Gasteiger partial charge in [0.1, 0.15) is 11.3 Å². The first-order valence-corrected chi connectivity index (χ1v) is 6.99. The lowest BCUT2D eigenvalue weighted by atomic mass is 10.1. The predicted octanol–water partition coefficient (Wildman–Crippen LogP) is 5.80. The molecule has 0 fully saturated rings. The summed E-state index contributed by atoms with van der Waals surface area (Å²) < 4.78 is 5.69. The third-order valence-corrected chi connectivity index (χ3v) is 3.82. The molecule has 0 unspecified atom stereocenters. The van der Waals surface area contributed by atoms with E-state index in [1.165, 1.54) is 0 Å². The molecule has 4 heteroatoms. The van der Waals surface area contributed by atoms with Gasteiger partial charge in [0.05, 0.1) is 21.7 Å². The fraction of sp³-hybridized carbons (Fsp3) is 0. The molecule has 0 saturated carbocycles. The average molecular weight is 314 g/mol. The number of nitrogens with zero attached hydrogens (tertiary/aromatic N) is 1. The highest BCUT2D eigenvalue weighted by molar-refractivity contribution is 6.42. The van der Waals surface area contributed by atoms with Crippen LogP contribution in [0.5, 0.6) is 0 Å². The summed E-state index contributed by atoms with van der Waals surface area (Å²) in [4.78, 5) is 0. The average Bonchev–Trinajstić information content (AvgIpc) is 2.90. The standard InChI is InChI=1S/C17H9Cl2NO/c18-15-6-5-11(9-16(15)19)13(10-20)8-14-7-12-3-1-2-4-17(12)21-14/h1-9H/b13-8+. The van der Waals surface area contributed by atoms with Crippen molar-refractivity contribution in [3.8, 4) is 6.07 Å². The second kappa shape index (κ2) is 5.65. The Hall–Kier alpha value is -2.21. The van der Waals surface area contributed by atoms with Crippen molar-refractivity contribution in [2.24, 2.45) is 0 Å². The summed E-state index contributed by atoms with van der Waals surface area (Å²) in [5.74, 6) is 0.624. The fourth-order valence-corrected chi connectivity index (χ4v) is 2.36. The van der Waals surface area contributed by atoms with E-state index in [4.69, 9.17) is 27.6 Å². The highest BCUT2D eigenvalue weighted by atomic mass is 35.5. The van der Waals surface area contributed by atoms with E-state index < -0.39 is 0 Å². The molecule has 2 aromatic carbocycles. The van der Waals surface area contributed by atoms with Crippen molar-refractivity contribution in [3.05, 3.63) is 69.9 Å². The van der Waals surface area contributed by atoms with Crippen LogP contribution in [0.1, 0.15) is 11.3 Å². The number of fused-ring (bicyclic) bond motifs is 1. The minimum Gasteiger partial charge on any atom is -0.457 e. The number of furan rings is 1. The van der Waals surface area contributed by atoms with E-state index in [2.05, 4.69) is 6.07 Å². The smallest absolute Gasteiger partial charge is 0.134 e. The lowest BCUT2D eigenvalue weighted by molar-refractivity contribution is 0.604. The number of rotatable bonds is 2. The monoisotopic (exact) mass is 313 g/mol. The molecule has 1 heterocycles. The zero-order valence-electron chi connectivity index (χ0n) is 10.8. The Morgan fingerprint density at radius 1 is 1.05 bits per heavy atom. The van der Waals surface area contributed by atoms with E-state index in [1.807, 2.05) is 30.3 Å². The molecule has 0 aliphatic heterocycles. The third kappa shape index (κ3) is 2.80. The van der Waals surface area contributed by atoms with Crippen LogP contribution < -0.4 is 0 Å². The van der Waals surface area contributed by atoms with Crippen LogP contribution in [0, 0.1) is 11.3 Å². The molecule has 0 saturated heterocycles. The number of hydrogen-bond acceptors (Lipinski definition) is 2. The minimum atomic E-state index is 0.417. The molecule has 2 nitrogen and oxygen atoms in total. The van der Waals surface area contributed by atoms with Crippen molar-refractivity contribution >= 4 is 45.8 Å². The summed E-state index contributed by atoms with van der Waals surface area (Å²) in [6.45, 7) is 0. The Bertz CT molecular complexity index is 854. The number of allylic oxidation sites excluding steroid dienone is 1. The van der Waals surface area contributed by atoms with Crippen molar-refractivity contribution in [2.75, 3.05) is 0 Å². The summed E-state index contributed by atoms with van der Waals surface area (Å²) in [6, 6.07) is 16.8. The van der Waals surface area contributed by atoms with Gasteiger partial charge in [-0.1, -0.05) is 47.5 Å². The topological polar surface area (TPSA) is 36.9 Å². The quantitative estimate of drug-likeness (QED) is 0.560. The van der Waals surface area contributed by atoms with Gasteiger partial charge >= 0.3 is 0 Å². The van der Waals surface area contributed by atoms with Crippen LogP contribution in [-0.2, 0) is 0 Å². The van der Waals surface area contributed by atoms with Gasteiger partial charge in [-0.15, -0.1) is 0 Å². The highest BCUT2D eigenvalue weighted by Gasteiger charge is 2.07. The fourth-order valence-electron chi connectivity index (χ4n) is 2.06. The van der Waals surface area contributed by atoms with E-state index >= 15 is 0 Å². The van der Waals surface area contributed by atoms with Crippen LogP contribution in [-0.4, -0.2) is 0 Å². The normalized spacial score (nSPS) is 11.6. The lowest BCUT2D eigenvalue weighted by Crippen LogP contribution is -1.82. The van der Waals surface area contributed by atoms with Crippen molar-refractivity contribution in [1.29, 1.82) is 5.26 Å². The Balaban J connectivity index is 2.06. The van der Waals surface area contributed by atoms with Crippen LogP contribution >= 0.6 is 23.2 Å². The maximum absolute atomic E-state index is 9.34. The van der Waals surface area contributed by atoms with E-state index in [9.17, 15) is 5.26 Å². The molecule has 1 aromatic heterocycles. The number of halogens is 2. The molecule has 21 heavy (non-hydrogen) atoms. The zero-order chi connectivity index (χ0) is 14.8. The van der Waals surface area contributed by atoms with E-state index in [-0.39, 0.29) is 0 Å². The van der Waals surface area contributed by atoms with Crippen LogP contribution in [0.25, 0.3) is 22.6 Å². The summed E-state index contributed by atoms with van der Waals surface area (Å²) in [7, 11) is 0. The minimum absolute atomic E-state index is 0.417. The number of nitriles is 1. The van der Waals surface area contributed by atoms with Gasteiger partial charge < -0.3 is 4.42 Å². The van der Waals surface area contributed by atoms with Crippen LogP contribution in [0.2, 0.25) is 10.0 Å². The number of hydrogen-bond donors (Lipinski definition) is 0. The highest BCUT2D eigenvalue weighted by Crippen LogP contribution is 2.28. The number of benzene rings is 2. The molecule has 3 rings (SSSR count). The van der Waals surface area contributed by atoms with Gasteiger partial charge in [-0.05, 0) is 35.9 Å². The van der Waals surface area contributed by atoms with Crippen molar-refractivity contribution in [2.45, 2.75) is 0 Å². The largest absolute Gasteiger partial charge is 0.457 e. The van der Waals surface area contributed by atoms with Crippen molar-refractivity contribution < 1.29 is 4.42 Å². The molecule has 0 bridgehead atoms. The Morgan fingerprint density at radius 2 is 1.86 bits per heavy atom. The summed E-state index contributed by atoms with van der Waals surface area (Å²) in [5, 5.41) is 11.2. The molecular formula is C17H9Cl2NO. The van der Waals surface area contributed by atoms with Crippen LogP contribution in [0.4, 0.5) is 0 Å². The van der Waals surface area contributed by atoms with Gasteiger partial charge in [-0.3, -0.25) is 0 Å². The Labute approximate surface area is 131 Å². The lowest BCUT2D eigenvalue weighted by Gasteiger charge is -2.01. The van der Waals surface area contributed by atoms with E-state index in [0.717, 1.165) is 11.0 Å². The van der Waals surface area contributed by atoms with Crippen LogP contribution in [0.3, 0.4) is 0 Å². The maximum atomic E-state index is 9.34. The molecule has 0 atom stereocenters. The SMILES string of the molecule is N#C/C(=C\c1cc2ccccc2o1)c1ccc(Cl)c(Cl)c1. The first kappa shape index (κ1) is 13.8. The van der Waals surface area contributed by atoms with Gasteiger partial charge in [0.15, 0.2) is 0 Å². The maximum Gasteiger partial charge on any atom is 0.134 e. The van der Waals surface area contributed by atoms with Crippen molar-refractivity contribution in [1.82, 2.24) is 0 Å². The van der Waals surface area contributed by atoms with Crippen LogP contribution in [0.15, 0.2) is 52.9 Å². The van der Waals surface area contributed by atoms with Gasteiger partial charge in [0.2, 0.25) is 0 Å². The Morgan fingerprint density at radius 3 is 2.57 bits per heavy atom. The molecule has 0 amide bonds. The van der Waals surface area contributed by atoms with Gasteiger partial charge in [-0.2, -0.15) is 5.26 Å². The second-order valence-electron chi connectivity index (χ2n) is 4.49. The summed E-state index contributed by atoms with van der Waals surface area (Å²) in [6.07, 6.45) is 1.69.